The van der Waals surface area contributed by atoms with Gasteiger partial charge in [-0.3, -0.25) is 4.79 Å². The Morgan fingerprint density at radius 1 is 0.545 bits per heavy atom. The lowest BCUT2D eigenvalue weighted by molar-refractivity contribution is -0.165. The molecular weight excluding hydrogens is 402 g/mol. The maximum atomic E-state index is 14.0. The first-order valence-electron chi connectivity index (χ1n) is 12.3. The Labute approximate surface area is 197 Å². The number of amides is 1. The molecule has 0 spiro atoms. The number of hydrogen-bond acceptors (Lipinski definition) is 1. The number of carbonyl (C=O) groups is 1. The molecule has 168 valence electrons. The van der Waals surface area contributed by atoms with Gasteiger partial charge in [-0.1, -0.05) is 91.0 Å². The van der Waals surface area contributed by atoms with Crippen molar-refractivity contribution in [3.8, 4) is 0 Å². The van der Waals surface area contributed by atoms with E-state index in [1.165, 1.54) is 16.7 Å². The van der Waals surface area contributed by atoms with Gasteiger partial charge in [0, 0.05) is 14.1 Å². The van der Waals surface area contributed by atoms with Gasteiger partial charge in [0.15, 0.2) is 0 Å². The van der Waals surface area contributed by atoms with Crippen LogP contribution < -0.4 is 0 Å². The van der Waals surface area contributed by atoms with E-state index in [1.54, 1.807) is 0 Å². The molecule has 0 aromatic heterocycles. The molecular formula is C31H33NO. The van der Waals surface area contributed by atoms with Crippen LogP contribution in [0.5, 0.6) is 0 Å². The number of hydrogen-bond donors (Lipinski definition) is 0. The van der Waals surface area contributed by atoms with E-state index < -0.39 is 0 Å². The summed E-state index contributed by atoms with van der Waals surface area (Å²) in [4.78, 5) is 15.9. The van der Waals surface area contributed by atoms with Crippen molar-refractivity contribution in [1.29, 1.82) is 0 Å². The highest BCUT2D eigenvalue weighted by Gasteiger charge is 2.71. The van der Waals surface area contributed by atoms with E-state index >= 15 is 0 Å². The molecule has 4 fully saturated rings. The second-order valence-corrected chi connectivity index (χ2v) is 11.5. The Morgan fingerprint density at radius 3 is 1.12 bits per heavy atom. The molecule has 7 rings (SSSR count). The topological polar surface area (TPSA) is 20.3 Å². The summed E-state index contributed by atoms with van der Waals surface area (Å²) < 4.78 is 0. The van der Waals surface area contributed by atoms with Crippen molar-refractivity contribution in [2.24, 2.45) is 5.41 Å². The average Bonchev–Trinajstić information content (AvgIpc) is 2.84. The van der Waals surface area contributed by atoms with E-state index in [0.29, 0.717) is 5.91 Å². The lowest BCUT2D eigenvalue weighted by Crippen LogP contribution is -2.68. The number of carbonyl (C=O) groups excluding carboxylic acids is 1. The van der Waals surface area contributed by atoms with Crippen molar-refractivity contribution in [1.82, 2.24) is 4.90 Å². The Morgan fingerprint density at radius 2 is 0.848 bits per heavy atom. The van der Waals surface area contributed by atoms with Gasteiger partial charge < -0.3 is 4.90 Å². The zero-order valence-electron chi connectivity index (χ0n) is 19.8. The minimum absolute atomic E-state index is 0.00730. The van der Waals surface area contributed by atoms with Crippen LogP contribution in [0.4, 0.5) is 0 Å². The normalized spacial score (nSPS) is 34.2. The predicted octanol–water partition coefficient (Wildman–Crippen LogP) is 6.26. The first-order chi connectivity index (χ1) is 15.9. The highest BCUT2D eigenvalue weighted by atomic mass is 16.2. The van der Waals surface area contributed by atoms with Crippen LogP contribution in [0, 0.1) is 5.41 Å². The molecule has 4 aliphatic carbocycles. The monoisotopic (exact) mass is 435 g/mol. The SMILES string of the molecule is CN(C)C(=O)C12CC3(c4ccccc4)CC(c4ccccc4)(C1)CC(c1ccccc1)(C2)C3. The molecule has 2 heteroatoms. The minimum Gasteiger partial charge on any atom is -0.348 e. The third-order valence-electron chi connectivity index (χ3n) is 9.08. The predicted molar refractivity (Wildman–Crippen MR) is 133 cm³/mol. The van der Waals surface area contributed by atoms with Crippen molar-refractivity contribution in [3.63, 3.8) is 0 Å². The van der Waals surface area contributed by atoms with E-state index in [0.717, 1.165) is 38.5 Å². The molecule has 0 atom stereocenters. The molecule has 4 bridgehead atoms. The fourth-order valence-electron chi connectivity index (χ4n) is 8.63. The molecule has 4 saturated carbocycles. The minimum atomic E-state index is -0.334. The summed E-state index contributed by atoms with van der Waals surface area (Å²) in [6, 6.07) is 33.3. The first-order valence-corrected chi connectivity index (χ1v) is 12.3. The number of nitrogens with zero attached hydrogens (tertiary/aromatic N) is 1. The molecule has 33 heavy (non-hydrogen) atoms. The molecule has 3 aromatic rings. The molecule has 0 radical (unpaired) electrons. The van der Waals surface area contributed by atoms with Crippen LogP contribution in [0.3, 0.4) is 0 Å². The molecule has 3 aromatic carbocycles. The van der Waals surface area contributed by atoms with Crippen LogP contribution in [0.25, 0.3) is 0 Å². The Kier molecular flexibility index (Phi) is 4.43. The second-order valence-electron chi connectivity index (χ2n) is 11.5. The third kappa shape index (κ3) is 2.96. The lowest BCUT2D eigenvalue weighted by Gasteiger charge is -2.71. The number of rotatable bonds is 4. The maximum Gasteiger partial charge on any atom is 0.228 e. The smallest absolute Gasteiger partial charge is 0.228 e. The molecule has 0 saturated heterocycles. The van der Waals surface area contributed by atoms with Gasteiger partial charge in [0.1, 0.15) is 0 Å². The van der Waals surface area contributed by atoms with Gasteiger partial charge in [0.05, 0.1) is 5.41 Å². The van der Waals surface area contributed by atoms with Gasteiger partial charge >= 0.3 is 0 Å². The van der Waals surface area contributed by atoms with Crippen LogP contribution in [0.1, 0.15) is 55.2 Å². The molecule has 1 amide bonds. The molecule has 0 unspecified atom stereocenters. The lowest BCUT2D eigenvalue weighted by atomic mass is 9.32. The molecule has 0 aliphatic heterocycles. The fourth-order valence-corrected chi connectivity index (χ4v) is 8.63. The van der Waals surface area contributed by atoms with E-state index in [1.807, 2.05) is 19.0 Å². The first kappa shape index (κ1) is 20.7. The van der Waals surface area contributed by atoms with E-state index in [2.05, 4.69) is 91.0 Å². The van der Waals surface area contributed by atoms with E-state index in [4.69, 9.17) is 0 Å². The highest BCUT2D eigenvalue weighted by molar-refractivity contribution is 5.84. The van der Waals surface area contributed by atoms with Crippen molar-refractivity contribution < 1.29 is 4.79 Å². The van der Waals surface area contributed by atoms with Crippen molar-refractivity contribution in [2.75, 3.05) is 14.1 Å². The third-order valence-corrected chi connectivity index (χ3v) is 9.08. The summed E-state index contributed by atoms with van der Waals surface area (Å²) in [6.07, 6.45) is 6.28. The van der Waals surface area contributed by atoms with Gasteiger partial charge in [-0.05, 0) is 71.5 Å². The summed E-state index contributed by atoms with van der Waals surface area (Å²) >= 11 is 0. The van der Waals surface area contributed by atoms with Crippen molar-refractivity contribution in [2.45, 2.75) is 54.8 Å². The summed E-state index contributed by atoms with van der Waals surface area (Å²) in [5, 5.41) is 0. The van der Waals surface area contributed by atoms with Crippen molar-refractivity contribution >= 4 is 5.91 Å². The van der Waals surface area contributed by atoms with Gasteiger partial charge in [-0.25, -0.2) is 0 Å². The van der Waals surface area contributed by atoms with Crippen LogP contribution >= 0.6 is 0 Å². The van der Waals surface area contributed by atoms with Gasteiger partial charge in [-0.2, -0.15) is 0 Å². The molecule has 0 N–H and O–H groups in total. The summed E-state index contributed by atoms with van der Waals surface area (Å²) in [7, 11) is 3.89. The van der Waals surface area contributed by atoms with Crippen molar-refractivity contribution in [3.05, 3.63) is 108 Å². The van der Waals surface area contributed by atoms with E-state index in [-0.39, 0.29) is 21.7 Å². The maximum absolute atomic E-state index is 14.0. The summed E-state index contributed by atoms with van der Waals surface area (Å²) in [5.74, 6) is 0.322. The van der Waals surface area contributed by atoms with Gasteiger partial charge in [0.25, 0.3) is 0 Å². The summed E-state index contributed by atoms with van der Waals surface area (Å²) in [6.45, 7) is 0. The largest absolute Gasteiger partial charge is 0.348 e. The molecule has 0 heterocycles. The van der Waals surface area contributed by atoms with E-state index in [9.17, 15) is 4.79 Å². The second kappa shape index (κ2) is 7.06. The van der Waals surface area contributed by atoms with Crippen LogP contribution in [-0.4, -0.2) is 24.9 Å². The van der Waals surface area contributed by atoms with Crippen LogP contribution in [-0.2, 0) is 21.0 Å². The van der Waals surface area contributed by atoms with Gasteiger partial charge in [0.2, 0.25) is 5.91 Å². The van der Waals surface area contributed by atoms with Gasteiger partial charge in [-0.15, -0.1) is 0 Å². The average molecular weight is 436 g/mol. The molecule has 4 aliphatic rings. The molecule has 2 nitrogen and oxygen atoms in total. The quantitative estimate of drug-likeness (QED) is 0.474. The van der Waals surface area contributed by atoms with Crippen LogP contribution in [0.2, 0.25) is 0 Å². The zero-order chi connectivity index (χ0) is 22.7. The highest BCUT2D eigenvalue weighted by Crippen LogP contribution is 2.74. The Balaban J connectivity index is 1.64. The fraction of sp³-hybridized carbons (Fsp3) is 0.387. The standard InChI is InChI=1S/C31H33NO/c1-32(2)27(33)31-21-28(24-12-6-3-7-13-24)18-29(22-31,25-14-8-4-9-15-25)20-30(19-28,23-31)26-16-10-5-11-17-26/h3-17H,18-23H2,1-2H3. The zero-order valence-corrected chi connectivity index (χ0v) is 19.8. The number of benzene rings is 3. The Hall–Kier alpha value is -2.87. The van der Waals surface area contributed by atoms with Crippen LogP contribution in [0.15, 0.2) is 91.0 Å². The summed E-state index contributed by atoms with van der Waals surface area (Å²) in [5.41, 5.74) is 3.94. The Bertz CT molecular complexity index is 1020.